The Morgan fingerprint density at radius 1 is 1.07 bits per heavy atom. The number of rotatable bonds is 13. The van der Waals surface area contributed by atoms with Crippen LogP contribution in [0.1, 0.15) is 29.8 Å². The molecule has 1 N–H and O–H groups in total. The lowest BCUT2D eigenvalue weighted by Gasteiger charge is -2.19. The Labute approximate surface area is 179 Å². The van der Waals surface area contributed by atoms with Crippen LogP contribution in [-0.2, 0) is 6.54 Å². The van der Waals surface area contributed by atoms with Gasteiger partial charge in [0.05, 0.1) is 7.11 Å². The zero-order valence-corrected chi connectivity index (χ0v) is 18.1. The smallest absolute Gasteiger partial charge is 0.251 e. The molecule has 1 amide bonds. The minimum atomic E-state index is -0.149. The van der Waals surface area contributed by atoms with E-state index < -0.39 is 0 Å². The average molecular weight is 413 g/mol. The summed E-state index contributed by atoms with van der Waals surface area (Å²) in [6, 6.07) is 12.7. The summed E-state index contributed by atoms with van der Waals surface area (Å²) in [7, 11) is 1.62. The second-order valence-corrected chi connectivity index (χ2v) is 6.67. The van der Waals surface area contributed by atoms with Crippen LogP contribution in [0, 0.1) is 0 Å². The van der Waals surface area contributed by atoms with Crippen molar-refractivity contribution in [2.75, 3.05) is 40.0 Å². The Morgan fingerprint density at radius 3 is 2.43 bits per heavy atom. The second-order valence-electron chi connectivity index (χ2n) is 6.67. The lowest BCUT2D eigenvalue weighted by Crippen LogP contribution is -2.28. The van der Waals surface area contributed by atoms with E-state index in [0.29, 0.717) is 42.6 Å². The maximum Gasteiger partial charge on any atom is 0.251 e. The number of amides is 1. The van der Waals surface area contributed by atoms with Crippen LogP contribution in [0.3, 0.4) is 0 Å². The van der Waals surface area contributed by atoms with Crippen LogP contribution in [-0.4, -0.2) is 50.8 Å². The van der Waals surface area contributed by atoms with Gasteiger partial charge in [-0.2, -0.15) is 0 Å². The molecule has 6 nitrogen and oxygen atoms in total. The van der Waals surface area contributed by atoms with Gasteiger partial charge in [-0.3, -0.25) is 4.79 Å². The highest BCUT2D eigenvalue weighted by molar-refractivity contribution is 5.94. The third kappa shape index (κ3) is 7.12. The summed E-state index contributed by atoms with van der Waals surface area (Å²) in [5.74, 6) is 1.91. The molecule has 0 aliphatic heterocycles. The highest BCUT2D eigenvalue weighted by Gasteiger charge is 2.09. The molecule has 0 bridgehead atoms. The van der Waals surface area contributed by atoms with Crippen LogP contribution in [0.25, 0.3) is 0 Å². The van der Waals surface area contributed by atoms with E-state index in [9.17, 15) is 4.79 Å². The average Bonchev–Trinajstić information content (AvgIpc) is 2.79. The Kier molecular flexibility index (Phi) is 9.74. The number of hydrogen-bond acceptors (Lipinski definition) is 5. The van der Waals surface area contributed by atoms with Crippen molar-refractivity contribution < 1.29 is 19.0 Å². The van der Waals surface area contributed by atoms with E-state index in [4.69, 9.17) is 14.2 Å². The van der Waals surface area contributed by atoms with Gasteiger partial charge in [0.25, 0.3) is 5.91 Å². The number of nitrogens with zero attached hydrogens (tertiary/aromatic N) is 1. The molecule has 0 aliphatic rings. The Hall–Kier alpha value is -2.99. The van der Waals surface area contributed by atoms with Gasteiger partial charge in [0, 0.05) is 18.7 Å². The summed E-state index contributed by atoms with van der Waals surface area (Å²) in [6.07, 6.45) is 1.68. The standard InChI is InChI=1S/C24H32N2O4/c1-5-15-29-21-11-9-20(10-12-21)24(27)25-18-19-8-13-22(23(17-19)28-4)30-16-14-26(6-2)7-3/h5,8-13,17H,1,6-7,14-16,18H2,2-4H3,(H,25,27). The summed E-state index contributed by atoms with van der Waals surface area (Å²) < 4.78 is 16.8. The molecule has 162 valence electrons. The van der Waals surface area contributed by atoms with Crippen LogP contribution >= 0.6 is 0 Å². The van der Waals surface area contributed by atoms with E-state index in [2.05, 4.69) is 30.6 Å². The summed E-state index contributed by atoms with van der Waals surface area (Å²) in [5, 5.41) is 2.92. The number of methoxy groups -OCH3 is 1. The van der Waals surface area contributed by atoms with Crippen LogP contribution in [0.5, 0.6) is 17.2 Å². The quantitative estimate of drug-likeness (QED) is 0.506. The van der Waals surface area contributed by atoms with Crippen molar-refractivity contribution in [1.82, 2.24) is 10.2 Å². The van der Waals surface area contributed by atoms with Crippen molar-refractivity contribution in [3.8, 4) is 17.2 Å². The fraction of sp³-hybridized carbons (Fsp3) is 0.375. The van der Waals surface area contributed by atoms with Gasteiger partial charge in [0.15, 0.2) is 11.5 Å². The van der Waals surface area contributed by atoms with Crippen molar-refractivity contribution in [3.63, 3.8) is 0 Å². The number of carbonyl (C=O) groups is 1. The third-order valence-electron chi connectivity index (χ3n) is 4.72. The summed E-state index contributed by atoms with van der Waals surface area (Å²) in [4.78, 5) is 14.7. The zero-order valence-electron chi connectivity index (χ0n) is 18.1. The number of hydrogen-bond donors (Lipinski definition) is 1. The first-order chi connectivity index (χ1) is 14.6. The first-order valence-electron chi connectivity index (χ1n) is 10.2. The first kappa shape index (κ1) is 23.3. The van der Waals surface area contributed by atoms with Crippen LogP contribution in [0.4, 0.5) is 0 Å². The van der Waals surface area contributed by atoms with Crippen molar-refractivity contribution in [3.05, 3.63) is 66.2 Å². The van der Waals surface area contributed by atoms with E-state index in [0.717, 1.165) is 25.2 Å². The molecule has 0 aromatic heterocycles. The van der Waals surface area contributed by atoms with Gasteiger partial charge in [-0.25, -0.2) is 0 Å². The summed E-state index contributed by atoms with van der Waals surface area (Å²) in [6.45, 7) is 12.2. The highest BCUT2D eigenvalue weighted by atomic mass is 16.5. The van der Waals surface area contributed by atoms with Gasteiger partial charge in [-0.05, 0) is 55.1 Å². The number of nitrogens with one attached hydrogen (secondary N) is 1. The largest absolute Gasteiger partial charge is 0.493 e. The van der Waals surface area contributed by atoms with E-state index in [-0.39, 0.29) is 5.91 Å². The van der Waals surface area contributed by atoms with Crippen LogP contribution in [0.15, 0.2) is 55.1 Å². The van der Waals surface area contributed by atoms with Crippen molar-refractivity contribution in [1.29, 1.82) is 0 Å². The van der Waals surface area contributed by atoms with Crippen LogP contribution < -0.4 is 19.5 Å². The molecule has 2 rings (SSSR count). The maximum atomic E-state index is 12.4. The first-order valence-corrected chi connectivity index (χ1v) is 10.2. The number of ether oxygens (including phenoxy) is 3. The lowest BCUT2D eigenvalue weighted by molar-refractivity contribution is 0.0951. The Balaban J connectivity index is 1.90. The molecule has 0 unspecified atom stereocenters. The summed E-state index contributed by atoms with van der Waals surface area (Å²) >= 11 is 0. The minimum Gasteiger partial charge on any atom is -0.493 e. The fourth-order valence-corrected chi connectivity index (χ4v) is 2.91. The number of benzene rings is 2. The molecule has 0 saturated heterocycles. The Bertz CT molecular complexity index is 801. The van der Waals surface area contributed by atoms with Gasteiger partial charge >= 0.3 is 0 Å². The van der Waals surface area contributed by atoms with Gasteiger partial charge in [0.2, 0.25) is 0 Å². The normalized spacial score (nSPS) is 10.5. The second kappa shape index (κ2) is 12.5. The molecular weight excluding hydrogens is 380 g/mol. The molecule has 2 aromatic carbocycles. The van der Waals surface area contributed by atoms with Gasteiger partial charge in [-0.1, -0.05) is 32.6 Å². The minimum absolute atomic E-state index is 0.149. The number of likely N-dealkylation sites (N-methyl/N-ethyl adjacent to an activating group) is 1. The van der Waals surface area contributed by atoms with Crippen LogP contribution in [0.2, 0.25) is 0 Å². The van der Waals surface area contributed by atoms with Gasteiger partial charge in [0.1, 0.15) is 19.0 Å². The fourth-order valence-electron chi connectivity index (χ4n) is 2.91. The van der Waals surface area contributed by atoms with E-state index >= 15 is 0 Å². The van der Waals surface area contributed by atoms with E-state index in [1.54, 1.807) is 37.5 Å². The molecule has 0 fully saturated rings. The van der Waals surface area contributed by atoms with Gasteiger partial charge < -0.3 is 24.4 Å². The molecule has 2 aromatic rings. The predicted octanol–water partition coefficient (Wildman–Crippen LogP) is 3.91. The molecule has 0 saturated carbocycles. The summed E-state index contributed by atoms with van der Waals surface area (Å²) in [5.41, 5.74) is 1.51. The molecule has 0 radical (unpaired) electrons. The zero-order chi connectivity index (χ0) is 21.8. The van der Waals surface area contributed by atoms with Crippen molar-refractivity contribution in [2.24, 2.45) is 0 Å². The topological polar surface area (TPSA) is 60.0 Å². The Morgan fingerprint density at radius 2 is 1.80 bits per heavy atom. The molecular formula is C24H32N2O4. The number of carbonyl (C=O) groups excluding carboxylic acids is 1. The SMILES string of the molecule is C=CCOc1ccc(C(=O)NCc2ccc(OCCN(CC)CC)c(OC)c2)cc1. The van der Waals surface area contributed by atoms with Crippen molar-refractivity contribution in [2.45, 2.75) is 20.4 Å². The molecule has 0 atom stereocenters. The maximum absolute atomic E-state index is 12.4. The molecule has 6 heteroatoms. The van der Waals surface area contributed by atoms with Gasteiger partial charge in [-0.15, -0.1) is 0 Å². The van der Waals surface area contributed by atoms with E-state index in [1.165, 1.54) is 0 Å². The lowest BCUT2D eigenvalue weighted by atomic mass is 10.1. The highest BCUT2D eigenvalue weighted by Crippen LogP contribution is 2.28. The molecule has 0 heterocycles. The van der Waals surface area contributed by atoms with Crippen molar-refractivity contribution >= 4 is 5.91 Å². The molecule has 0 aliphatic carbocycles. The monoisotopic (exact) mass is 412 g/mol. The molecule has 0 spiro atoms. The third-order valence-corrected chi connectivity index (χ3v) is 4.72. The van der Waals surface area contributed by atoms with E-state index in [1.807, 2.05) is 18.2 Å². The predicted molar refractivity (Wildman–Crippen MR) is 120 cm³/mol. The molecule has 30 heavy (non-hydrogen) atoms.